The summed E-state index contributed by atoms with van der Waals surface area (Å²) in [5.74, 6) is 1.08. The lowest BCUT2D eigenvalue weighted by Crippen LogP contribution is -2.10. The second-order valence-electron chi connectivity index (χ2n) is 5.94. The molecule has 0 spiro atoms. The number of ether oxygens (including phenoxy) is 1. The van der Waals surface area contributed by atoms with E-state index in [1.807, 2.05) is 78.9 Å². The fraction of sp³-hybridized carbons (Fsp3) is 0.0476. The molecule has 26 heavy (non-hydrogen) atoms. The Hall–Kier alpha value is -3.60. The fourth-order valence-electron chi connectivity index (χ4n) is 3.01. The maximum Gasteiger partial charge on any atom is 0.222 e. The highest BCUT2D eigenvalue weighted by Crippen LogP contribution is 2.34. The van der Waals surface area contributed by atoms with Crippen LogP contribution in [0.1, 0.15) is 17.2 Å². The number of nitrogens with zero attached hydrogens (tertiary/aromatic N) is 2. The Labute approximate surface area is 151 Å². The third kappa shape index (κ3) is 3.02. The highest BCUT2D eigenvalue weighted by Gasteiger charge is 2.18. The van der Waals surface area contributed by atoms with Crippen molar-refractivity contribution in [2.45, 2.75) is 6.10 Å². The normalized spacial score (nSPS) is 11.0. The molecule has 4 aromatic rings. The van der Waals surface area contributed by atoms with Crippen LogP contribution in [0.5, 0.6) is 5.75 Å². The predicted molar refractivity (Wildman–Crippen MR) is 104 cm³/mol. The summed E-state index contributed by atoms with van der Waals surface area (Å²) in [7, 11) is 0. The van der Waals surface area contributed by atoms with E-state index in [4.69, 9.17) is 16.2 Å². The molecule has 5 nitrogen and oxygen atoms in total. The number of nitrogen functional groups attached to an aromatic ring is 2. The first-order valence-electron chi connectivity index (χ1n) is 8.30. The van der Waals surface area contributed by atoms with Crippen molar-refractivity contribution in [2.24, 2.45) is 0 Å². The van der Waals surface area contributed by atoms with E-state index in [1.165, 1.54) is 0 Å². The van der Waals surface area contributed by atoms with Crippen molar-refractivity contribution in [3.8, 4) is 5.75 Å². The molecule has 1 aromatic heterocycles. The lowest BCUT2D eigenvalue weighted by Gasteiger charge is -2.21. The van der Waals surface area contributed by atoms with Gasteiger partial charge in [0.15, 0.2) is 0 Å². The smallest absolute Gasteiger partial charge is 0.222 e. The Bertz CT molecular complexity index is 996. The SMILES string of the molecule is Nc1nc(N)c2c(OC(c3ccccc3)c3ccccc3)cccc2n1. The highest BCUT2D eigenvalue weighted by atomic mass is 16.5. The van der Waals surface area contributed by atoms with Crippen molar-refractivity contribution < 1.29 is 4.74 Å². The maximum absolute atomic E-state index is 6.42. The summed E-state index contributed by atoms with van der Waals surface area (Å²) >= 11 is 0. The van der Waals surface area contributed by atoms with E-state index in [2.05, 4.69) is 9.97 Å². The molecule has 0 amide bonds. The number of hydrogen-bond donors (Lipinski definition) is 2. The van der Waals surface area contributed by atoms with E-state index in [-0.39, 0.29) is 12.1 Å². The standard InChI is InChI=1S/C21H18N4O/c22-20-18-16(24-21(23)25-20)12-7-13-17(18)26-19(14-8-3-1-4-9-14)15-10-5-2-6-11-15/h1-13,19H,(H4,22,23,24,25). The fourth-order valence-corrected chi connectivity index (χ4v) is 3.01. The van der Waals surface area contributed by atoms with E-state index in [9.17, 15) is 0 Å². The van der Waals surface area contributed by atoms with Crippen LogP contribution in [0.3, 0.4) is 0 Å². The molecule has 0 bridgehead atoms. The zero-order valence-corrected chi connectivity index (χ0v) is 14.0. The Morgan fingerprint density at radius 3 is 1.92 bits per heavy atom. The number of nitrogens with two attached hydrogens (primary N) is 2. The summed E-state index contributed by atoms with van der Waals surface area (Å²) in [5.41, 5.74) is 14.6. The summed E-state index contributed by atoms with van der Waals surface area (Å²) in [6, 6.07) is 25.7. The topological polar surface area (TPSA) is 87.0 Å². The average molecular weight is 342 g/mol. The Balaban J connectivity index is 1.84. The largest absolute Gasteiger partial charge is 0.480 e. The lowest BCUT2D eigenvalue weighted by molar-refractivity contribution is 0.250. The Kier molecular flexibility index (Phi) is 4.11. The van der Waals surface area contributed by atoms with Crippen LogP contribution >= 0.6 is 0 Å². The van der Waals surface area contributed by atoms with Crippen molar-refractivity contribution in [1.82, 2.24) is 9.97 Å². The maximum atomic E-state index is 6.42. The van der Waals surface area contributed by atoms with Gasteiger partial charge < -0.3 is 16.2 Å². The van der Waals surface area contributed by atoms with Crippen LogP contribution < -0.4 is 16.2 Å². The number of benzene rings is 3. The summed E-state index contributed by atoms with van der Waals surface area (Å²) in [5, 5.41) is 0.665. The summed E-state index contributed by atoms with van der Waals surface area (Å²) < 4.78 is 6.42. The lowest BCUT2D eigenvalue weighted by atomic mass is 10.0. The zero-order valence-electron chi connectivity index (χ0n) is 14.0. The van der Waals surface area contributed by atoms with E-state index >= 15 is 0 Å². The molecule has 0 fully saturated rings. The van der Waals surface area contributed by atoms with Crippen molar-refractivity contribution in [3.63, 3.8) is 0 Å². The molecule has 0 aliphatic rings. The van der Waals surface area contributed by atoms with Crippen molar-refractivity contribution >= 4 is 22.7 Å². The van der Waals surface area contributed by atoms with Gasteiger partial charge in [0.1, 0.15) is 17.7 Å². The second-order valence-corrected chi connectivity index (χ2v) is 5.94. The van der Waals surface area contributed by atoms with Gasteiger partial charge in [-0.05, 0) is 23.3 Å². The minimum atomic E-state index is -0.278. The molecule has 0 saturated heterocycles. The van der Waals surface area contributed by atoms with Gasteiger partial charge in [0.2, 0.25) is 5.95 Å². The molecule has 0 atom stereocenters. The monoisotopic (exact) mass is 342 g/mol. The number of hydrogen-bond acceptors (Lipinski definition) is 5. The minimum absolute atomic E-state index is 0.148. The molecule has 4 N–H and O–H groups in total. The first-order chi connectivity index (χ1) is 12.7. The molecule has 0 aliphatic carbocycles. The third-order valence-electron chi connectivity index (χ3n) is 4.18. The summed E-state index contributed by atoms with van der Waals surface area (Å²) in [6.45, 7) is 0. The molecular formula is C21H18N4O. The Morgan fingerprint density at radius 2 is 1.31 bits per heavy atom. The number of anilines is 2. The molecule has 4 rings (SSSR count). The quantitative estimate of drug-likeness (QED) is 0.586. The van der Waals surface area contributed by atoms with Gasteiger partial charge in [-0.3, -0.25) is 0 Å². The molecule has 1 heterocycles. The molecule has 128 valence electrons. The number of fused-ring (bicyclic) bond motifs is 1. The van der Waals surface area contributed by atoms with Crippen molar-refractivity contribution in [1.29, 1.82) is 0 Å². The second kappa shape index (κ2) is 6.72. The van der Waals surface area contributed by atoms with E-state index in [0.29, 0.717) is 22.5 Å². The van der Waals surface area contributed by atoms with Crippen LogP contribution in [0, 0.1) is 0 Å². The Morgan fingerprint density at radius 1 is 0.692 bits per heavy atom. The van der Waals surface area contributed by atoms with Gasteiger partial charge in [-0.25, -0.2) is 4.98 Å². The third-order valence-corrected chi connectivity index (χ3v) is 4.18. The molecule has 0 unspecified atom stereocenters. The van der Waals surface area contributed by atoms with Crippen LogP contribution in [0.25, 0.3) is 10.9 Å². The summed E-state index contributed by atoms with van der Waals surface area (Å²) in [6.07, 6.45) is -0.278. The molecular weight excluding hydrogens is 324 g/mol. The van der Waals surface area contributed by atoms with Gasteiger partial charge in [-0.2, -0.15) is 4.98 Å². The van der Waals surface area contributed by atoms with Gasteiger partial charge >= 0.3 is 0 Å². The van der Waals surface area contributed by atoms with E-state index in [0.717, 1.165) is 11.1 Å². The zero-order chi connectivity index (χ0) is 17.9. The van der Waals surface area contributed by atoms with E-state index < -0.39 is 0 Å². The van der Waals surface area contributed by atoms with E-state index in [1.54, 1.807) is 0 Å². The van der Waals surface area contributed by atoms with Gasteiger partial charge in [-0.15, -0.1) is 0 Å². The van der Waals surface area contributed by atoms with Crippen LogP contribution in [-0.4, -0.2) is 9.97 Å². The van der Waals surface area contributed by atoms with Crippen LogP contribution in [0.4, 0.5) is 11.8 Å². The van der Waals surface area contributed by atoms with Gasteiger partial charge in [0.25, 0.3) is 0 Å². The number of aromatic nitrogens is 2. The van der Waals surface area contributed by atoms with Gasteiger partial charge in [0, 0.05) is 0 Å². The van der Waals surface area contributed by atoms with Gasteiger partial charge in [-0.1, -0.05) is 66.7 Å². The predicted octanol–water partition coefficient (Wildman–Crippen LogP) is 3.96. The average Bonchev–Trinajstić information content (AvgIpc) is 2.67. The molecule has 5 heteroatoms. The number of rotatable bonds is 4. The van der Waals surface area contributed by atoms with Crippen LogP contribution in [-0.2, 0) is 0 Å². The van der Waals surface area contributed by atoms with Gasteiger partial charge in [0.05, 0.1) is 10.9 Å². The minimum Gasteiger partial charge on any atom is -0.480 e. The van der Waals surface area contributed by atoms with Crippen molar-refractivity contribution in [2.75, 3.05) is 11.5 Å². The first kappa shape index (κ1) is 15.9. The van der Waals surface area contributed by atoms with Crippen LogP contribution in [0.15, 0.2) is 78.9 Å². The molecule has 0 aliphatic heterocycles. The summed E-state index contributed by atoms with van der Waals surface area (Å²) in [4.78, 5) is 8.34. The van der Waals surface area contributed by atoms with Crippen molar-refractivity contribution in [3.05, 3.63) is 90.0 Å². The molecule has 0 radical (unpaired) electrons. The highest BCUT2D eigenvalue weighted by molar-refractivity contribution is 5.94. The first-order valence-corrected chi connectivity index (χ1v) is 8.30. The van der Waals surface area contributed by atoms with Crippen LogP contribution in [0.2, 0.25) is 0 Å². The molecule has 3 aromatic carbocycles. The molecule has 0 saturated carbocycles.